The van der Waals surface area contributed by atoms with E-state index >= 15 is 0 Å². The van der Waals surface area contributed by atoms with E-state index in [4.69, 9.17) is 4.74 Å². The Labute approximate surface area is 156 Å². The summed E-state index contributed by atoms with van der Waals surface area (Å²) in [5.41, 5.74) is 0.636. The molecule has 0 saturated carbocycles. The highest BCUT2D eigenvalue weighted by molar-refractivity contribution is 5.76. The molecule has 2 aromatic heterocycles. The third kappa shape index (κ3) is 3.50. The number of anilines is 1. The van der Waals surface area contributed by atoms with Gasteiger partial charge in [0, 0.05) is 19.3 Å². The fourth-order valence-corrected chi connectivity index (χ4v) is 3.59. The lowest BCUT2D eigenvalue weighted by Gasteiger charge is -2.36. The summed E-state index contributed by atoms with van der Waals surface area (Å²) in [7, 11) is 0. The zero-order valence-electron chi connectivity index (χ0n) is 15.4. The SMILES string of the molecule is CC1CN(c2ccc(Cn3c(=O)[nH]c4ccccc4c3=O)cn2)CC(C)O1. The Balaban J connectivity index is 1.60. The fraction of sp³-hybridized carbons (Fsp3) is 0.350. The number of benzene rings is 1. The Hall–Kier alpha value is -2.93. The summed E-state index contributed by atoms with van der Waals surface area (Å²) in [6.45, 7) is 5.87. The zero-order valence-corrected chi connectivity index (χ0v) is 15.4. The van der Waals surface area contributed by atoms with Gasteiger partial charge in [-0.05, 0) is 37.6 Å². The van der Waals surface area contributed by atoms with Crippen LogP contribution in [0.4, 0.5) is 5.82 Å². The second kappa shape index (κ2) is 7.00. The van der Waals surface area contributed by atoms with Gasteiger partial charge in [-0.1, -0.05) is 18.2 Å². The summed E-state index contributed by atoms with van der Waals surface area (Å²) in [4.78, 5) is 34.4. The van der Waals surface area contributed by atoms with E-state index in [1.165, 1.54) is 4.57 Å². The van der Waals surface area contributed by atoms with Gasteiger partial charge in [0.15, 0.2) is 0 Å². The van der Waals surface area contributed by atoms with Gasteiger partial charge in [-0.3, -0.25) is 9.36 Å². The van der Waals surface area contributed by atoms with E-state index in [0.717, 1.165) is 24.5 Å². The number of nitrogens with one attached hydrogen (secondary N) is 1. The van der Waals surface area contributed by atoms with E-state index in [2.05, 4.69) is 28.7 Å². The van der Waals surface area contributed by atoms with E-state index in [1.54, 1.807) is 30.5 Å². The fourth-order valence-electron chi connectivity index (χ4n) is 3.59. The molecule has 3 heterocycles. The van der Waals surface area contributed by atoms with E-state index in [-0.39, 0.29) is 24.3 Å². The van der Waals surface area contributed by atoms with Gasteiger partial charge in [0.1, 0.15) is 5.82 Å². The van der Waals surface area contributed by atoms with E-state index in [1.807, 2.05) is 12.1 Å². The minimum atomic E-state index is -0.418. The zero-order chi connectivity index (χ0) is 19.0. The Morgan fingerprint density at radius 3 is 2.56 bits per heavy atom. The summed E-state index contributed by atoms with van der Waals surface area (Å²) >= 11 is 0. The molecule has 140 valence electrons. The van der Waals surface area contributed by atoms with Gasteiger partial charge in [0.25, 0.3) is 5.56 Å². The summed E-state index contributed by atoms with van der Waals surface area (Å²) in [5, 5.41) is 0.498. The van der Waals surface area contributed by atoms with Crippen LogP contribution >= 0.6 is 0 Å². The molecule has 1 saturated heterocycles. The average Bonchev–Trinajstić information content (AvgIpc) is 2.65. The van der Waals surface area contributed by atoms with Gasteiger partial charge in [-0.2, -0.15) is 0 Å². The number of nitrogens with zero attached hydrogens (tertiary/aromatic N) is 3. The topological polar surface area (TPSA) is 80.2 Å². The summed E-state index contributed by atoms with van der Waals surface area (Å²) in [6.07, 6.45) is 2.04. The molecule has 3 aromatic rings. The van der Waals surface area contributed by atoms with Crippen molar-refractivity contribution in [2.45, 2.75) is 32.6 Å². The maximum absolute atomic E-state index is 12.6. The molecule has 1 aliphatic rings. The monoisotopic (exact) mass is 366 g/mol. The normalized spacial score (nSPS) is 20.1. The number of aromatic nitrogens is 3. The van der Waals surface area contributed by atoms with Crippen molar-refractivity contribution in [3.8, 4) is 0 Å². The molecule has 1 aliphatic heterocycles. The van der Waals surface area contributed by atoms with Crippen LogP contribution in [0.5, 0.6) is 0 Å². The minimum Gasteiger partial charge on any atom is -0.372 e. The molecule has 0 radical (unpaired) electrons. The van der Waals surface area contributed by atoms with Crippen molar-refractivity contribution < 1.29 is 4.74 Å². The van der Waals surface area contributed by atoms with Crippen LogP contribution in [0.3, 0.4) is 0 Å². The third-order valence-corrected chi connectivity index (χ3v) is 4.78. The minimum absolute atomic E-state index is 0.157. The van der Waals surface area contributed by atoms with Crippen molar-refractivity contribution in [3.05, 3.63) is 69.0 Å². The molecule has 0 spiro atoms. The Morgan fingerprint density at radius 2 is 1.85 bits per heavy atom. The number of rotatable bonds is 3. The van der Waals surface area contributed by atoms with Gasteiger partial charge >= 0.3 is 5.69 Å². The quantitative estimate of drug-likeness (QED) is 0.764. The molecule has 27 heavy (non-hydrogen) atoms. The molecular formula is C20H22N4O3. The number of hydrogen-bond acceptors (Lipinski definition) is 5. The second-order valence-corrected chi connectivity index (χ2v) is 7.05. The molecule has 7 nitrogen and oxygen atoms in total. The number of fused-ring (bicyclic) bond motifs is 1. The second-order valence-electron chi connectivity index (χ2n) is 7.05. The van der Waals surface area contributed by atoms with Crippen LogP contribution in [0.1, 0.15) is 19.4 Å². The molecule has 2 atom stereocenters. The highest BCUT2D eigenvalue weighted by Crippen LogP contribution is 2.18. The molecule has 0 amide bonds. The first kappa shape index (κ1) is 17.5. The number of aromatic amines is 1. The van der Waals surface area contributed by atoms with Crippen molar-refractivity contribution in [1.82, 2.24) is 14.5 Å². The molecule has 2 unspecified atom stereocenters. The molecule has 1 N–H and O–H groups in total. The van der Waals surface area contributed by atoms with Crippen LogP contribution in [0, 0.1) is 0 Å². The molecule has 1 aromatic carbocycles. The van der Waals surface area contributed by atoms with E-state index in [0.29, 0.717) is 10.9 Å². The summed E-state index contributed by atoms with van der Waals surface area (Å²) in [6, 6.07) is 10.9. The number of morpholine rings is 1. The van der Waals surface area contributed by atoms with E-state index in [9.17, 15) is 9.59 Å². The highest BCUT2D eigenvalue weighted by atomic mass is 16.5. The third-order valence-electron chi connectivity index (χ3n) is 4.78. The smallest absolute Gasteiger partial charge is 0.329 e. The van der Waals surface area contributed by atoms with Crippen molar-refractivity contribution >= 4 is 16.7 Å². The predicted octanol–water partition coefficient (Wildman–Crippen LogP) is 1.75. The number of hydrogen-bond donors (Lipinski definition) is 1. The Kier molecular flexibility index (Phi) is 4.53. The summed E-state index contributed by atoms with van der Waals surface area (Å²) in [5.74, 6) is 0.875. The van der Waals surface area contributed by atoms with Crippen molar-refractivity contribution in [3.63, 3.8) is 0 Å². The van der Waals surface area contributed by atoms with Gasteiger partial charge < -0.3 is 14.6 Å². The Morgan fingerprint density at radius 1 is 1.11 bits per heavy atom. The maximum atomic E-state index is 12.6. The van der Waals surface area contributed by atoms with Crippen LogP contribution < -0.4 is 16.1 Å². The molecule has 4 rings (SSSR count). The number of para-hydroxylation sites is 1. The molecule has 1 fully saturated rings. The standard InChI is InChI=1S/C20H22N4O3/c1-13-10-23(11-14(2)27-13)18-8-7-15(9-21-18)12-24-19(25)16-5-3-4-6-17(16)22-20(24)26/h3-9,13-14H,10-12H2,1-2H3,(H,22,26). The molecule has 0 bridgehead atoms. The first-order valence-electron chi connectivity index (χ1n) is 9.08. The lowest BCUT2D eigenvalue weighted by atomic mass is 10.2. The average molecular weight is 366 g/mol. The van der Waals surface area contributed by atoms with Gasteiger partial charge in [-0.25, -0.2) is 9.78 Å². The molecule has 0 aliphatic carbocycles. The molecular weight excluding hydrogens is 344 g/mol. The maximum Gasteiger partial charge on any atom is 0.329 e. The first-order chi connectivity index (χ1) is 13.0. The number of ether oxygens (including phenoxy) is 1. The van der Waals surface area contributed by atoms with Crippen LogP contribution in [0.15, 0.2) is 52.2 Å². The first-order valence-corrected chi connectivity index (χ1v) is 9.08. The lowest BCUT2D eigenvalue weighted by molar-refractivity contribution is -0.00545. The van der Waals surface area contributed by atoms with Crippen LogP contribution in [0.25, 0.3) is 10.9 Å². The van der Waals surface area contributed by atoms with Gasteiger partial charge in [-0.15, -0.1) is 0 Å². The highest BCUT2D eigenvalue weighted by Gasteiger charge is 2.23. The van der Waals surface area contributed by atoms with Gasteiger partial charge in [0.2, 0.25) is 0 Å². The lowest BCUT2D eigenvalue weighted by Crippen LogP contribution is -2.45. The molecule has 7 heteroatoms. The van der Waals surface area contributed by atoms with Crippen LogP contribution in [0.2, 0.25) is 0 Å². The van der Waals surface area contributed by atoms with Gasteiger partial charge in [0.05, 0.1) is 29.7 Å². The van der Waals surface area contributed by atoms with Crippen molar-refractivity contribution in [1.29, 1.82) is 0 Å². The largest absolute Gasteiger partial charge is 0.372 e. The summed E-state index contributed by atoms with van der Waals surface area (Å²) < 4.78 is 6.96. The number of pyridine rings is 1. The predicted molar refractivity (Wildman–Crippen MR) is 104 cm³/mol. The van der Waals surface area contributed by atoms with E-state index < -0.39 is 5.69 Å². The van der Waals surface area contributed by atoms with Crippen molar-refractivity contribution in [2.75, 3.05) is 18.0 Å². The van der Waals surface area contributed by atoms with Crippen LogP contribution in [-0.2, 0) is 11.3 Å². The number of H-pyrrole nitrogens is 1. The van der Waals surface area contributed by atoms with Crippen LogP contribution in [-0.4, -0.2) is 39.8 Å². The van der Waals surface area contributed by atoms with Crippen molar-refractivity contribution in [2.24, 2.45) is 0 Å². The Bertz CT molecular complexity index is 1060.